The van der Waals surface area contributed by atoms with Gasteiger partial charge in [-0.3, -0.25) is 4.79 Å². The van der Waals surface area contributed by atoms with Gasteiger partial charge in [0.1, 0.15) is 0 Å². The number of nitrogens with one attached hydrogen (secondary N) is 1. The Morgan fingerprint density at radius 1 is 1.50 bits per heavy atom. The minimum Gasteiger partial charge on any atom is -0.355 e. The second-order valence-electron chi connectivity index (χ2n) is 5.63. The van der Waals surface area contributed by atoms with E-state index >= 15 is 0 Å². The molecule has 0 aliphatic heterocycles. The van der Waals surface area contributed by atoms with E-state index in [0.29, 0.717) is 18.3 Å². The number of amides is 1. The number of aryl methyl sites for hydroxylation is 1. The molecule has 1 fully saturated rings. The summed E-state index contributed by atoms with van der Waals surface area (Å²) in [4.78, 5) is 17.9. The van der Waals surface area contributed by atoms with Crippen LogP contribution in [-0.2, 0) is 11.2 Å². The van der Waals surface area contributed by atoms with Crippen molar-refractivity contribution in [3.63, 3.8) is 0 Å². The number of carbonyl (C=O) groups excluding carboxylic acids is 1. The van der Waals surface area contributed by atoms with E-state index in [1.165, 1.54) is 23.4 Å². The van der Waals surface area contributed by atoms with Crippen LogP contribution < -0.4 is 5.32 Å². The van der Waals surface area contributed by atoms with Gasteiger partial charge >= 0.3 is 0 Å². The number of thiophene rings is 1. The monoisotopic (exact) mass is 335 g/mol. The summed E-state index contributed by atoms with van der Waals surface area (Å²) < 4.78 is 2.30. The van der Waals surface area contributed by atoms with Crippen LogP contribution in [0.25, 0.3) is 0 Å². The van der Waals surface area contributed by atoms with Gasteiger partial charge < -0.3 is 9.88 Å². The van der Waals surface area contributed by atoms with Crippen molar-refractivity contribution in [2.45, 2.75) is 44.3 Å². The molecule has 1 amide bonds. The minimum atomic E-state index is 0.0854. The number of carbonyl (C=O) groups is 1. The molecule has 3 rings (SSSR count). The minimum absolute atomic E-state index is 0.0854. The van der Waals surface area contributed by atoms with Gasteiger partial charge in [-0.1, -0.05) is 17.8 Å². The van der Waals surface area contributed by atoms with Crippen molar-refractivity contribution in [3.05, 3.63) is 33.8 Å². The third-order valence-corrected chi connectivity index (χ3v) is 5.76. The number of thioether (sulfide) groups is 1. The predicted molar refractivity (Wildman–Crippen MR) is 91.7 cm³/mol. The molecule has 0 atom stereocenters. The van der Waals surface area contributed by atoms with Gasteiger partial charge in [-0.25, -0.2) is 4.98 Å². The molecule has 2 aromatic heterocycles. The quantitative estimate of drug-likeness (QED) is 0.789. The van der Waals surface area contributed by atoms with Crippen LogP contribution in [0.5, 0.6) is 0 Å². The molecule has 1 aliphatic carbocycles. The zero-order chi connectivity index (χ0) is 15.5. The summed E-state index contributed by atoms with van der Waals surface area (Å²) in [5.41, 5.74) is 2.32. The van der Waals surface area contributed by atoms with Crippen LogP contribution >= 0.6 is 23.1 Å². The second kappa shape index (κ2) is 6.87. The van der Waals surface area contributed by atoms with Crippen LogP contribution in [0.15, 0.2) is 22.7 Å². The molecule has 2 aromatic rings. The summed E-state index contributed by atoms with van der Waals surface area (Å²) in [5, 5.41) is 6.04. The summed E-state index contributed by atoms with van der Waals surface area (Å²) in [6, 6.07) is 4.74. The smallest absolute Gasteiger partial charge is 0.230 e. The van der Waals surface area contributed by atoms with Crippen molar-refractivity contribution < 1.29 is 4.79 Å². The van der Waals surface area contributed by atoms with Gasteiger partial charge in [-0.05, 0) is 44.6 Å². The topological polar surface area (TPSA) is 46.9 Å². The third kappa shape index (κ3) is 3.73. The second-order valence-corrected chi connectivity index (χ2v) is 7.61. The molecule has 4 nitrogen and oxygen atoms in total. The Labute approximate surface area is 139 Å². The molecule has 118 valence electrons. The number of rotatable bonds is 7. The Kier molecular flexibility index (Phi) is 4.88. The lowest BCUT2D eigenvalue weighted by atomic mass is 10.3. The van der Waals surface area contributed by atoms with E-state index in [4.69, 9.17) is 0 Å². The highest BCUT2D eigenvalue weighted by molar-refractivity contribution is 7.99. The molecule has 1 aliphatic rings. The van der Waals surface area contributed by atoms with E-state index < -0.39 is 0 Å². The Hall–Kier alpha value is -1.27. The van der Waals surface area contributed by atoms with Crippen LogP contribution in [-0.4, -0.2) is 27.8 Å². The summed E-state index contributed by atoms with van der Waals surface area (Å²) >= 11 is 3.28. The van der Waals surface area contributed by atoms with Crippen LogP contribution in [0.2, 0.25) is 0 Å². The first-order valence-electron chi connectivity index (χ1n) is 7.62. The highest BCUT2D eigenvalue weighted by Crippen LogP contribution is 2.39. The molecule has 0 saturated heterocycles. The molecule has 0 bridgehead atoms. The molecular weight excluding hydrogens is 314 g/mol. The van der Waals surface area contributed by atoms with E-state index in [-0.39, 0.29) is 5.91 Å². The van der Waals surface area contributed by atoms with Gasteiger partial charge in [0.25, 0.3) is 0 Å². The molecular formula is C16H21N3OS2. The van der Waals surface area contributed by atoms with E-state index in [0.717, 1.165) is 17.3 Å². The number of nitrogens with zero attached hydrogens (tertiary/aromatic N) is 2. The van der Waals surface area contributed by atoms with Gasteiger partial charge in [-0.2, -0.15) is 0 Å². The van der Waals surface area contributed by atoms with Crippen molar-refractivity contribution in [2.24, 2.45) is 0 Å². The maximum absolute atomic E-state index is 12.0. The molecule has 6 heteroatoms. The van der Waals surface area contributed by atoms with E-state index in [2.05, 4.69) is 33.2 Å². The van der Waals surface area contributed by atoms with Gasteiger partial charge in [0, 0.05) is 23.2 Å². The van der Waals surface area contributed by atoms with E-state index in [9.17, 15) is 4.79 Å². The van der Waals surface area contributed by atoms with E-state index in [1.54, 1.807) is 23.1 Å². The SMILES string of the molecule is Cc1nc(SCC(=O)NCCc2cccs2)n(C2CC2)c1C. The molecule has 0 spiro atoms. The van der Waals surface area contributed by atoms with Crippen molar-refractivity contribution in [3.8, 4) is 0 Å². The Bertz CT molecular complexity index is 645. The molecule has 22 heavy (non-hydrogen) atoms. The maximum atomic E-state index is 12.0. The Balaban J connectivity index is 1.48. The normalized spacial score (nSPS) is 14.3. The number of hydrogen-bond acceptors (Lipinski definition) is 4. The summed E-state index contributed by atoms with van der Waals surface area (Å²) in [7, 11) is 0. The van der Waals surface area contributed by atoms with Crippen molar-refractivity contribution >= 4 is 29.0 Å². The van der Waals surface area contributed by atoms with Crippen LogP contribution in [0.4, 0.5) is 0 Å². The standard InChI is InChI=1S/C16H21N3OS2/c1-11-12(2)19(13-5-6-13)16(18-11)22-10-15(20)17-8-7-14-4-3-9-21-14/h3-4,9,13H,5-8,10H2,1-2H3,(H,17,20). The number of hydrogen-bond donors (Lipinski definition) is 1. The van der Waals surface area contributed by atoms with Crippen molar-refractivity contribution in [1.29, 1.82) is 0 Å². The Morgan fingerprint density at radius 3 is 3.00 bits per heavy atom. The van der Waals surface area contributed by atoms with Crippen LogP contribution in [0.1, 0.15) is 35.1 Å². The third-order valence-electron chi connectivity index (χ3n) is 3.87. The predicted octanol–water partition coefficient (Wildman–Crippen LogP) is 3.35. The van der Waals surface area contributed by atoms with Crippen molar-refractivity contribution in [1.82, 2.24) is 14.9 Å². The maximum Gasteiger partial charge on any atom is 0.230 e. The lowest BCUT2D eigenvalue weighted by molar-refractivity contribution is -0.118. The highest BCUT2D eigenvalue weighted by Gasteiger charge is 2.28. The first kappa shape index (κ1) is 15.6. The molecule has 0 aromatic carbocycles. The van der Waals surface area contributed by atoms with Gasteiger partial charge in [0.05, 0.1) is 11.4 Å². The fourth-order valence-electron chi connectivity index (χ4n) is 2.42. The average Bonchev–Trinajstić information content (AvgIpc) is 3.11. The fourth-order valence-corrected chi connectivity index (χ4v) is 4.12. The molecule has 0 radical (unpaired) electrons. The zero-order valence-electron chi connectivity index (χ0n) is 13.0. The average molecular weight is 335 g/mol. The van der Waals surface area contributed by atoms with E-state index in [1.807, 2.05) is 13.0 Å². The first-order valence-corrected chi connectivity index (χ1v) is 9.49. The van der Waals surface area contributed by atoms with Gasteiger partial charge in [0.15, 0.2) is 5.16 Å². The molecule has 1 N–H and O–H groups in total. The highest BCUT2D eigenvalue weighted by atomic mass is 32.2. The Morgan fingerprint density at radius 2 is 2.32 bits per heavy atom. The fraction of sp³-hybridized carbons (Fsp3) is 0.500. The van der Waals surface area contributed by atoms with Crippen LogP contribution in [0, 0.1) is 13.8 Å². The molecule has 0 unspecified atom stereocenters. The molecule has 1 saturated carbocycles. The summed E-state index contributed by atoms with van der Waals surface area (Å²) in [5.74, 6) is 0.523. The number of aromatic nitrogens is 2. The largest absolute Gasteiger partial charge is 0.355 e. The summed E-state index contributed by atoms with van der Waals surface area (Å²) in [6.07, 6.45) is 3.37. The number of imidazole rings is 1. The summed E-state index contributed by atoms with van der Waals surface area (Å²) in [6.45, 7) is 4.86. The van der Waals surface area contributed by atoms with Crippen LogP contribution in [0.3, 0.4) is 0 Å². The van der Waals surface area contributed by atoms with Crippen molar-refractivity contribution in [2.75, 3.05) is 12.3 Å². The first-order chi connectivity index (χ1) is 10.6. The van der Waals surface area contributed by atoms with Gasteiger partial charge in [-0.15, -0.1) is 11.3 Å². The van der Waals surface area contributed by atoms with Gasteiger partial charge in [0.2, 0.25) is 5.91 Å². The lowest BCUT2D eigenvalue weighted by Crippen LogP contribution is -2.27. The molecule has 2 heterocycles. The lowest BCUT2D eigenvalue weighted by Gasteiger charge is -2.08. The zero-order valence-corrected chi connectivity index (χ0v) is 14.6.